The molecule has 1 aliphatic carbocycles. The molecule has 1 aromatic heterocycles. The fraction of sp³-hybridized carbons (Fsp3) is 0.500. The highest BCUT2D eigenvalue weighted by Crippen LogP contribution is 2.27. The Morgan fingerprint density at radius 1 is 1.24 bits per heavy atom. The molecule has 0 unspecified atom stereocenters. The maximum atomic E-state index is 4.57. The molecule has 0 amide bonds. The molecule has 1 saturated carbocycles. The summed E-state index contributed by atoms with van der Waals surface area (Å²) in [6.07, 6.45) is 8.48. The van der Waals surface area contributed by atoms with Crippen LogP contribution in [0.3, 0.4) is 0 Å². The minimum Gasteiger partial charge on any atom is -0.385 e. The molecule has 0 aliphatic heterocycles. The van der Waals surface area contributed by atoms with E-state index in [1.165, 1.54) is 49.8 Å². The molecular formula is C18H24N2S. The first-order valence-electron chi connectivity index (χ1n) is 8.08. The number of hydrogen-bond donors (Lipinski definition) is 1. The monoisotopic (exact) mass is 300 g/mol. The molecule has 1 fully saturated rings. The van der Waals surface area contributed by atoms with Gasteiger partial charge in [0.15, 0.2) is 0 Å². The predicted octanol–water partition coefficient (Wildman–Crippen LogP) is 5.50. The van der Waals surface area contributed by atoms with Gasteiger partial charge < -0.3 is 5.32 Å². The standard InChI is InChI=1S/C18H24N2S/c1-14-20-18(13-21-14)16-8-5-9-17(12-16)19-11-10-15-6-3-2-4-7-15/h5,8-9,12-13,15,19H,2-4,6-7,10-11H2,1H3. The summed E-state index contributed by atoms with van der Waals surface area (Å²) in [4.78, 5) is 4.57. The Bertz CT molecular complexity index is 570. The first kappa shape index (κ1) is 14.6. The van der Waals surface area contributed by atoms with Crippen molar-refractivity contribution in [3.05, 3.63) is 34.7 Å². The Morgan fingerprint density at radius 3 is 2.86 bits per heavy atom. The number of aromatic nitrogens is 1. The molecule has 3 rings (SSSR count). The molecule has 21 heavy (non-hydrogen) atoms. The largest absolute Gasteiger partial charge is 0.385 e. The molecular weight excluding hydrogens is 276 g/mol. The lowest BCUT2D eigenvalue weighted by molar-refractivity contribution is 0.345. The molecule has 1 aliphatic rings. The summed E-state index contributed by atoms with van der Waals surface area (Å²) in [6.45, 7) is 3.14. The zero-order valence-electron chi connectivity index (χ0n) is 12.8. The number of benzene rings is 1. The Morgan fingerprint density at radius 2 is 2.10 bits per heavy atom. The van der Waals surface area contributed by atoms with Gasteiger partial charge in [0.05, 0.1) is 10.7 Å². The zero-order valence-corrected chi connectivity index (χ0v) is 13.6. The number of aryl methyl sites for hydroxylation is 1. The van der Waals surface area contributed by atoms with Gasteiger partial charge >= 0.3 is 0 Å². The molecule has 0 bridgehead atoms. The predicted molar refractivity (Wildman–Crippen MR) is 92.0 cm³/mol. The summed E-state index contributed by atoms with van der Waals surface area (Å²) < 4.78 is 0. The number of anilines is 1. The Hall–Kier alpha value is -1.35. The number of thiazole rings is 1. The maximum Gasteiger partial charge on any atom is 0.0901 e. The smallest absolute Gasteiger partial charge is 0.0901 e. The zero-order chi connectivity index (χ0) is 14.5. The summed E-state index contributed by atoms with van der Waals surface area (Å²) in [5.74, 6) is 0.940. The summed E-state index contributed by atoms with van der Waals surface area (Å²) in [7, 11) is 0. The van der Waals surface area contributed by atoms with Crippen molar-refractivity contribution in [3.63, 3.8) is 0 Å². The Balaban J connectivity index is 1.56. The van der Waals surface area contributed by atoms with Crippen LogP contribution < -0.4 is 5.32 Å². The SMILES string of the molecule is Cc1nc(-c2cccc(NCCC3CCCCC3)c2)cs1. The Labute approximate surface area is 131 Å². The van der Waals surface area contributed by atoms with Crippen LogP contribution in [0.25, 0.3) is 11.3 Å². The van der Waals surface area contributed by atoms with Crippen LogP contribution in [0.4, 0.5) is 5.69 Å². The third kappa shape index (κ3) is 4.07. The van der Waals surface area contributed by atoms with Crippen LogP contribution in [0.1, 0.15) is 43.5 Å². The van der Waals surface area contributed by atoms with E-state index >= 15 is 0 Å². The van der Waals surface area contributed by atoms with Crippen LogP contribution in [0.5, 0.6) is 0 Å². The van der Waals surface area contributed by atoms with Crippen molar-refractivity contribution in [2.24, 2.45) is 5.92 Å². The number of hydrogen-bond acceptors (Lipinski definition) is 3. The van der Waals surface area contributed by atoms with Crippen LogP contribution in [0.2, 0.25) is 0 Å². The van der Waals surface area contributed by atoms with Crippen molar-refractivity contribution >= 4 is 17.0 Å². The normalized spacial score (nSPS) is 16.0. The third-order valence-corrected chi connectivity index (χ3v) is 5.16. The number of nitrogens with zero attached hydrogens (tertiary/aromatic N) is 1. The number of nitrogens with one attached hydrogen (secondary N) is 1. The van der Waals surface area contributed by atoms with E-state index in [1.54, 1.807) is 11.3 Å². The molecule has 1 heterocycles. The fourth-order valence-electron chi connectivity index (χ4n) is 3.18. The summed E-state index contributed by atoms with van der Waals surface area (Å²) in [5, 5.41) is 6.85. The van der Waals surface area contributed by atoms with Gasteiger partial charge in [-0.05, 0) is 31.4 Å². The summed E-state index contributed by atoms with van der Waals surface area (Å²) in [5.41, 5.74) is 3.52. The van der Waals surface area contributed by atoms with Gasteiger partial charge in [-0.25, -0.2) is 4.98 Å². The van der Waals surface area contributed by atoms with E-state index in [9.17, 15) is 0 Å². The molecule has 2 nitrogen and oxygen atoms in total. The molecule has 112 valence electrons. The van der Waals surface area contributed by atoms with Gasteiger partial charge in [-0.15, -0.1) is 11.3 Å². The molecule has 0 saturated heterocycles. The molecule has 1 N–H and O–H groups in total. The van der Waals surface area contributed by atoms with Gasteiger partial charge in [0.2, 0.25) is 0 Å². The second-order valence-corrected chi connectivity index (χ2v) is 7.11. The highest BCUT2D eigenvalue weighted by Gasteiger charge is 2.12. The van der Waals surface area contributed by atoms with E-state index < -0.39 is 0 Å². The van der Waals surface area contributed by atoms with E-state index in [0.717, 1.165) is 23.2 Å². The minimum absolute atomic E-state index is 0.940. The molecule has 0 atom stereocenters. The summed E-state index contributed by atoms with van der Waals surface area (Å²) >= 11 is 1.71. The Kier molecular flexibility index (Phi) is 4.91. The molecule has 2 aromatic rings. The van der Waals surface area contributed by atoms with Gasteiger partial charge in [-0.2, -0.15) is 0 Å². The average Bonchev–Trinajstić information content (AvgIpc) is 2.95. The lowest BCUT2D eigenvalue weighted by atomic mass is 9.87. The quantitative estimate of drug-likeness (QED) is 0.788. The van der Waals surface area contributed by atoms with Gasteiger partial charge in [-0.1, -0.05) is 44.2 Å². The van der Waals surface area contributed by atoms with Gasteiger partial charge in [0.25, 0.3) is 0 Å². The van der Waals surface area contributed by atoms with Gasteiger partial charge in [-0.3, -0.25) is 0 Å². The van der Waals surface area contributed by atoms with Crippen molar-refractivity contribution < 1.29 is 0 Å². The highest BCUT2D eigenvalue weighted by molar-refractivity contribution is 7.09. The van der Waals surface area contributed by atoms with Crippen molar-refractivity contribution in [3.8, 4) is 11.3 Å². The molecule has 0 radical (unpaired) electrons. The van der Waals surface area contributed by atoms with E-state index in [4.69, 9.17) is 0 Å². The first-order valence-corrected chi connectivity index (χ1v) is 8.96. The summed E-state index contributed by atoms with van der Waals surface area (Å²) in [6, 6.07) is 8.63. The second kappa shape index (κ2) is 7.08. The maximum absolute atomic E-state index is 4.57. The highest BCUT2D eigenvalue weighted by atomic mass is 32.1. The van der Waals surface area contributed by atoms with Crippen molar-refractivity contribution in [2.45, 2.75) is 45.4 Å². The minimum atomic E-state index is 0.940. The van der Waals surface area contributed by atoms with Crippen LogP contribution in [-0.4, -0.2) is 11.5 Å². The van der Waals surface area contributed by atoms with Crippen molar-refractivity contribution in [2.75, 3.05) is 11.9 Å². The van der Waals surface area contributed by atoms with E-state index in [1.807, 2.05) is 0 Å². The van der Waals surface area contributed by atoms with Crippen molar-refractivity contribution in [1.82, 2.24) is 4.98 Å². The average molecular weight is 300 g/mol. The lowest BCUT2D eigenvalue weighted by Crippen LogP contribution is -2.12. The van der Waals surface area contributed by atoms with Gasteiger partial charge in [0, 0.05) is 23.2 Å². The molecule has 0 spiro atoms. The fourth-order valence-corrected chi connectivity index (χ4v) is 3.80. The van der Waals surface area contributed by atoms with Gasteiger partial charge in [0.1, 0.15) is 0 Å². The van der Waals surface area contributed by atoms with Crippen LogP contribution >= 0.6 is 11.3 Å². The molecule has 1 aromatic carbocycles. The van der Waals surface area contributed by atoms with E-state index in [0.29, 0.717) is 0 Å². The second-order valence-electron chi connectivity index (χ2n) is 6.05. The third-order valence-electron chi connectivity index (χ3n) is 4.38. The van der Waals surface area contributed by atoms with Crippen LogP contribution in [0.15, 0.2) is 29.6 Å². The topological polar surface area (TPSA) is 24.9 Å². The number of rotatable bonds is 5. The first-order chi connectivity index (χ1) is 10.3. The van der Waals surface area contributed by atoms with Crippen LogP contribution in [-0.2, 0) is 0 Å². The van der Waals surface area contributed by atoms with E-state index in [-0.39, 0.29) is 0 Å². The lowest BCUT2D eigenvalue weighted by Gasteiger charge is -2.21. The van der Waals surface area contributed by atoms with Crippen molar-refractivity contribution in [1.29, 1.82) is 0 Å². The van der Waals surface area contributed by atoms with E-state index in [2.05, 4.69) is 46.9 Å². The van der Waals surface area contributed by atoms with Crippen LogP contribution in [0, 0.1) is 12.8 Å². The molecule has 3 heteroatoms.